The number of nitrogens with zero attached hydrogens (tertiary/aromatic N) is 4. The predicted octanol–water partition coefficient (Wildman–Crippen LogP) is 3.71. The highest BCUT2D eigenvalue weighted by Gasteiger charge is 2.16. The molecule has 0 N–H and O–H groups in total. The van der Waals surface area contributed by atoms with E-state index >= 15 is 0 Å². The molecule has 0 aliphatic rings. The summed E-state index contributed by atoms with van der Waals surface area (Å²) in [7, 11) is 1.74. The number of hydrogen-bond acceptors (Lipinski definition) is 8. The van der Waals surface area contributed by atoms with Crippen molar-refractivity contribution >= 4 is 44.7 Å². The van der Waals surface area contributed by atoms with E-state index < -0.39 is 0 Å². The first-order valence-electron chi connectivity index (χ1n) is 7.07. The summed E-state index contributed by atoms with van der Waals surface area (Å²) in [5.74, 6) is 1.54. The molecule has 0 aliphatic heterocycles. The van der Waals surface area contributed by atoms with E-state index in [0.717, 1.165) is 15.3 Å². The number of rotatable bonds is 4. The van der Waals surface area contributed by atoms with Gasteiger partial charge in [0.1, 0.15) is 4.83 Å². The fourth-order valence-corrected chi connectivity index (χ4v) is 4.93. The molecule has 9 heteroatoms. The van der Waals surface area contributed by atoms with E-state index in [4.69, 9.17) is 4.42 Å². The normalized spacial score (nSPS) is 11.4. The lowest BCUT2D eigenvalue weighted by atomic mass is 10.2. The molecule has 24 heavy (non-hydrogen) atoms. The molecular weight excluding hydrogens is 364 g/mol. The molecule has 0 spiro atoms. The van der Waals surface area contributed by atoms with E-state index in [1.54, 1.807) is 29.9 Å². The molecule has 0 aromatic carbocycles. The number of hydrogen-bond donors (Lipinski definition) is 0. The van der Waals surface area contributed by atoms with E-state index in [2.05, 4.69) is 15.2 Å². The van der Waals surface area contributed by atoms with Gasteiger partial charge in [-0.15, -0.1) is 32.9 Å². The summed E-state index contributed by atoms with van der Waals surface area (Å²) in [6, 6.07) is 4.00. The van der Waals surface area contributed by atoms with Gasteiger partial charge in [-0.2, -0.15) is 0 Å². The molecule has 0 fully saturated rings. The molecular formula is C15H12N4O2S3. The minimum atomic E-state index is -0.0335. The zero-order chi connectivity index (χ0) is 16.7. The SMILES string of the molecule is Cc1nnc(CSc2nc3scc(-c4cccs4)c3c(=O)n2C)o1. The van der Waals surface area contributed by atoms with Crippen LogP contribution in [0.1, 0.15) is 11.8 Å². The third kappa shape index (κ3) is 2.68. The van der Waals surface area contributed by atoms with E-state index in [1.807, 2.05) is 22.9 Å². The number of aryl methyl sites for hydroxylation is 1. The highest BCUT2D eigenvalue weighted by atomic mass is 32.2. The van der Waals surface area contributed by atoms with Crippen LogP contribution in [0, 0.1) is 6.92 Å². The van der Waals surface area contributed by atoms with E-state index in [9.17, 15) is 4.79 Å². The molecule has 4 aromatic heterocycles. The van der Waals surface area contributed by atoms with Crippen LogP contribution in [0.4, 0.5) is 0 Å². The van der Waals surface area contributed by atoms with Crippen LogP contribution in [-0.4, -0.2) is 19.7 Å². The first-order valence-corrected chi connectivity index (χ1v) is 9.82. The Balaban J connectivity index is 1.73. The van der Waals surface area contributed by atoms with Crippen LogP contribution < -0.4 is 5.56 Å². The second kappa shape index (κ2) is 6.15. The Hall–Kier alpha value is -1.97. The first-order chi connectivity index (χ1) is 11.6. The Bertz CT molecular complexity index is 1060. The second-order valence-corrected chi connectivity index (χ2v) is 7.82. The summed E-state index contributed by atoms with van der Waals surface area (Å²) < 4.78 is 6.95. The maximum atomic E-state index is 12.8. The molecule has 6 nitrogen and oxygen atoms in total. The molecule has 122 valence electrons. The number of aromatic nitrogens is 4. The molecule has 0 amide bonds. The average molecular weight is 376 g/mol. The van der Waals surface area contributed by atoms with Gasteiger partial charge in [-0.3, -0.25) is 9.36 Å². The highest BCUT2D eigenvalue weighted by molar-refractivity contribution is 7.98. The van der Waals surface area contributed by atoms with E-state index in [0.29, 0.717) is 28.1 Å². The Morgan fingerprint density at radius 1 is 1.33 bits per heavy atom. The predicted molar refractivity (Wildman–Crippen MR) is 96.8 cm³/mol. The maximum Gasteiger partial charge on any atom is 0.263 e. The standard InChI is InChI=1S/C15H12N4O2S3/c1-8-17-18-11(21-8)7-24-15-16-13-12(14(20)19(15)2)9(6-23-13)10-4-3-5-22-10/h3-6H,7H2,1-2H3. The summed E-state index contributed by atoms with van der Waals surface area (Å²) >= 11 is 4.53. The summed E-state index contributed by atoms with van der Waals surface area (Å²) in [5, 5.41) is 13.1. The monoisotopic (exact) mass is 376 g/mol. The number of thiophene rings is 2. The van der Waals surface area contributed by atoms with Crippen molar-refractivity contribution in [3.63, 3.8) is 0 Å². The van der Waals surface area contributed by atoms with Crippen molar-refractivity contribution in [1.82, 2.24) is 19.7 Å². The van der Waals surface area contributed by atoms with E-state index in [1.165, 1.54) is 23.1 Å². The van der Waals surface area contributed by atoms with Crippen LogP contribution in [0.5, 0.6) is 0 Å². The topological polar surface area (TPSA) is 73.8 Å². The van der Waals surface area contributed by atoms with Crippen molar-refractivity contribution in [2.24, 2.45) is 7.05 Å². The van der Waals surface area contributed by atoms with Gasteiger partial charge in [0.2, 0.25) is 11.8 Å². The third-order valence-electron chi connectivity index (χ3n) is 3.45. The van der Waals surface area contributed by atoms with Gasteiger partial charge < -0.3 is 4.42 Å². The molecule has 4 rings (SSSR count). The number of thioether (sulfide) groups is 1. The van der Waals surface area contributed by atoms with Crippen LogP contribution >= 0.6 is 34.4 Å². The molecule has 0 saturated carbocycles. The van der Waals surface area contributed by atoms with Crippen LogP contribution in [0.2, 0.25) is 0 Å². The second-order valence-electron chi connectivity index (χ2n) is 5.07. The summed E-state index contributed by atoms with van der Waals surface area (Å²) in [6.07, 6.45) is 0. The summed E-state index contributed by atoms with van der Waals surface area (Å²) in [4.78, 5) is 19.3. The maximum absolute atomic E-state index is 12.8. The lowest BCUT2D eigenvalue weighted by molar-refractivity contribution is 0.485. The smallest absolute Gasteiger partial charge is 0.263 e. The molecule has 0 saturated heterocycles. The van der Waals surface area contributed by atoms with Gasteiger partial charge in [0.05, 0.1) is 11.1 Å². The molecule has 0 unspecified atom stereocenters. The van der Waals surface area contributed by atoms with Gasteiger partial charge >= 0.3 is 0 Å². The van der Waals surface area contributed by atoms with Crippen molar-refractivity contribution in [2.45, 2.75) is 17.8 Å². The van der Waals surface area contributed by atoms with Crippen molar-refractivity contribution < 1.29 is 4.42 Å². The average Bonchev–Trinajstić information content (AvgIpc) is 3.29. The Morgan fingerprint density at radius 2 is 2.21 bits per heavy atom. The van der Waals surface area contributed by atoms with Gasteiger partial charge in [-0.1, -0.05) is 17.8 Å². The van der Waals surface area contributed by atoms with Crippen LogP contribution in [0.25, 0.3) is 20.7 Å². The van der Waals surface area contributed by atoms with Crippen molar-refractivity contribution in [3.8, 4) is 10.4 Å². The minimum Gasteiger partial charge on any atom is -0.425 e. The molecule has 0 atom stereocenters. The van der Waals surface area contributed by atoms with Crippen molar-refractivity contribution in [2.75, 3.05) is 0 Å². The molecule has 0 bridgehead atoms. The first kappa shape index (κ1) is 15.6. The van der Waals surface area contributed by atoms with Gasteiger partial charge in [0, 0.05) is 29.8 Å². The zero-order valence-corrected chi connectivity index (χ0v) is 15.3. The van der Waals surface area contributed by atoms with E-state index in [-0.39, 0.29) is 5.56 Å². The van der Waals surface area contributed by atoms with Gasteiger partial charge in [0.25, 0.3) is 5.56 Å². The van der Waals surface area contributed by atoms with Gasteiger partial charge in [-0.05, 0) is 11.4 Å². The lowest BCUT2D eigenvalue weighted by Gasteiger charge is -2.06. The summed E-state index contributed by atoms with van der Waals surface area (Å²) in [5.41, 5.74) is 0.927. The number of fused-ring (bicyclic) bond motifs is 1. The largest absolute Gasteiger partial charge is 0.425 e. The fraction of sp³-hybridized carbons (Fsp3) is 0.200. The highest BCUT2D eigenvalue weighted by Crippen LogP contribution is 2.34. The van der Waals surface area contributed by atoms with Crippen LogP contribution in [0.15, 0.2) is 37.3 Å². The lowest BCUT2D eigenvalue weighted by Crippen LogP contribution is -2.19. The minimum absolute atomic E-state index is 0.0335. The molecule has 0 aliphatic carbocycles. The summed E-state index contributed by atoms with van der Waals surface area (Å²) in [6.45, 7) is 1.75. The van der Waals surface area contributed by atoms with Crippen LogP contribution in [0.3, 0.4) is 0 Å². The third-order valence-corrected chi connectivity index (χ3v) is 6.24. The zero-order valence-electron chi connectivity index (χ0n) is 12.8. The Kier molecular flexibility index (Phi) is 3.99. The molecule has 0 radical (unpaired) electrons. The van der Waals surface area contributed by atoms with Gasteiger partial charge in [-0.25, -0.2) is 4.98 Å². The Labute approximate surface area is 149 Å². The van der Waals surface area contributed by atoms with Crippen molar-refractivity contribution in [3.05, 3.63) is 45.0 Å². The van der Waals surface area contributed by atoms with Crippen molar-refractivity contribution in [1.29, 1.82) is 0 Å². The fourth-order valence-electron chi connectivity index (χ4n) is 2.32. The Morgan fingerprint density at radius 3 is 2.92 bits per heavy atom. The van der Waals surface area contributed by atoms with Crippen LogP contribution in [-0.2, 0) is 12.8 Å². The molecule has 4 heterocycles. The molecule has 4 aromatic rings. The quantitative estimate of drug-likeness (QED) is 0.399. The van der Waals surface area contributed by atoms with Gasteiger partial charge in [0.15, 0.2) is 5.16 Å².